The summed E-state index contributed by atoms with van der Waals surface area (Å²) in [5.74, 6) is 1.80. The average Bonchev–Trinajstić information content (AvgIpc) is 2.58. The second kappa shape index (κ2) is 10.6. The lowest BCUT2D eigenvalue weighted by Crippen LogP contribution is -2.45. The second-order valence-corrected chi connectivity index (χ2v) is 5.70. The topological polar surface area (TPSA) is 24.5 Å². The molecule has 0 saturated carbocycles. The number of piperazine rings is 1. The summed E-state index contributed by atoms with van der Waals surface area (Å²) in [6, 6.07) is 19.0. The third kappa shape index (κ3) is 5.38. The minimum absolute atomic E-state index is 0. The molecule has 5 heteroatoms. The van der Waals surface area contributed by atoms with Crippen molar-refractivity contribution in [2.45, 2.75) is 19.4 Å². The fraction of sp³-hybridized carbons (Fsp3) is 0.368. The summed E-state index contributed by atoms with van der Waals surface area (Å²) in [5.41, 5.74) is 1.35. The zero-order valence-electron chi connectivity index (χ0n) is 14.0. The second-order valence-electron chi connectivity index (χ2n) is 5.70. The van der Waals surface area contributed by atoms with Gasteiger partial charge in [-0.25, -0.2) is 0 Å². The van der Waals surface area contributed by atoms with Gasteiger partial charge in [-0.2, -0.15) is 0 Å². The molecule has 0 bridgehead atoms. The first-order chi connectivity index (χ1) is 10.9. The first-order valence-electron chi connectivity index (χ1n) is 8.14. The maximum absolute atomic E-state index is 5.97. The molecule has 0 aromatic heterocycles. The third-order valence-corrected chi connectivity index (χ3v) is 4.20. The Bertz CT molecular complexity index is 589. The van der Waals surface area contributed by atoms with Crippen LogP contribution in [0, 0.1) is 0 Å². The van der Waals surface area contributed by atoms with E-state index in [0.717, 1.165) is 44.1 Å². The van der Waals surface area contributed by atoms with Gasteiger partial charge in [0.05, 0.1) is 0 Å². The molecule has 2 aromatic rings. The number of rotatable bonds is 5. The minimum atomic E-state index is 0. The molecule has 2 aromatic carbocycles. The van der Waals surface area contributed by atoms with Crippen molar-refractivity contribution in [1.29, 1.82) is 0 Å². The normalized spacial score (nSPS) is 15.7. The lowest BCUT2D eigenvalue weighted by molar-refractivity contribution is 0.169. The fourth-order valence-electron chi connectivity index (χ4n) is 3.11. The van der Waals surface area contributed by atoms with Crippen LogP contribution in [0.15, 0.2) is 54.6 Å². The van der Waals surface area contributed by atoms with Crippen LogP contribution in [0.2, 0.25) is 0 Å². The standard InChI is InChI=1S/C19H24N2O.2ClH/c1-2-19(21-13-11-20-12-14-21)16-7-6-10-18(15-16)22-17-8-4-3-5-9-17;;/h3-10,15,19-20H,2,11-14H2,1H3;2*1H/t19-;;/m1../s1. The van der Waals surface area contributed by atoms with Crippen molar-refractivity contribution in [2.24, 2.45) is 0 Å². The highest BCUT2D eigenvalue weighted by atomic mass is 35.5. The lowest BCUT2D eigenvalue weighted by Gasteiger charge is -2.34. The smallest absolute Gasteiger partial charge is 0.127 e. The Morgan fingerprint density at radius 1 is 0.958 bits per heavy atom. The monoisotopic (exact) mass is 368 g/mol. The summed E-state index contributed by atoms with van der Waals surface area (Å²) in [6.07, 6.45) is 1.12. The first-order valence-corrected chi connectivity index (χ1v) is 8.14. The maximum Gasteiger partial charge on any atom is 0.127 e. The van der Waals surface area contributed by atoms with Crippen LogP contribution in [0.4, 0.5) is 0 Å². The predicted molar refractivity (Wildman–Crippen MR) is 105 cm³/mol. The first kappa shape index (κ1) is 20.8. The Balaban J connectivity index is 0.00000144. The number of halogens is 2. The Labute approximate surface area is 157 Å². The van der Waals surface area contributed by atoms with Crippen LogP contribution in [0.3, 0.4) is 0 Å². The average molecular weight is 369 g/mol. The van der Waals surface area contributed by atoms with Crippen molar-refractivity contribution in [3.63, 3.8) is 0 Å². The van der Waals surface area contributed by atoms with Crippen LogP contribution in [0.1, 0.15) is 24.9 Å². The summed E-state index contributed by atoms with van der Waals surface area (Å²) in [6.45, 7) is 6.65. The van der Waals surface area contributed by atoms with Gasteiger partial charge in [-0.1, -0.05) is 37.3 Å². The molecule has 1 aliphatic rings. The van der Waals surface area contributed by atoms with Gasteiger partial charge in [-0.15, -0.1) is 24.8 Å². The molecule has 0 radical (unpaired) electrons. The molecule has 0 unspecified atom stereocenters. The van der Waals surface area contributed by atoms with Gasteiger partial charge < -0.3 is 10.1 Å². The van der Waals surface area contributed by atoms with Crippen LogP contribution >= 0.6 is 24.8 Å². The number of benzene rings is 2. The largest absolute Gasteiger partial charge is 0.457 e. The van der Waals surface area contributed by atoms with Gasteiger partial charge >= 0.3 is 0 Å². The van der Waals surface area contributed by atoms with E-state index in [9.17, 15) is 0 Å². The third-order valence-electron chi connectivity index (χ3n) is 4.20. The van der Waals surface area contributed by atoms with E-state index in [2.05, 4.69) is 35.3 Å². The molecule has 1 fully saturated rings. The number of hydrogen-bond acceptors (Lipinski definition) is 3. The Morgan fingerprint density at radius 2 is 1.62 bits per heavy atom. The Kier molecular flexibility index (Phi) is 9.16. The van der Waals surface area contributed by atoms with Crippen LogP contribution in [0.25, 0.3) is 0 Å². The van der Waals surface area contributed by atoms with Gasteiger partial charge in [-0.3, -0.25) is 4.90 Å². The van der Waals surface area contributed by atoms with E-state index in [0.29, 0.717) is 6.04 Å². The summed E-state index contributed by atoms with van der Waals surface area (Å²) in [4.78, 5) is 2.57. The van der Waals surface area contributed by atoms with E-state index >= 15 is 0 Å². The molecule has 0 spiro atoms. The summed E-state index contributed by atoms with van der Waals surface area (Å²) in [5, 5.41) is 3.42. The van der Waals surface area contributed by atoms with Crippen molar-refractivity contribution < 1.29 is 4.74 Å². The van der Waals surface area contributed by atoms with Crippen LogP contribution in [-0.2, 0) is 0 Å². The molecule has 1 atom stereocenters. The van der Waals surface area contributed by atoms with E-state index in [4.69, 9.17) is 4.74 Å². The van der Waals surface area contributed by atoms with E-state index in [1.54, 1.807) is 0 Å². The van der Waals surface area contributed by atoms with E-state index in [-0.39, 0.29) is 24.8 Å². The summed E-state index contributed by atoms with van der Waals surface area (Å²) < 4.78 is 5.97. The fourth-order valence-corrected chi connectivity index (χ4v) is 3.11. The molecule has 0 aliphatic carbocycles. The van der Waals surface area contributed by atoms with Gasteiger partial charge in [0.25, 0.3) is 0 Å². The van der Waals surface area contributed by atoms with Gasteiger partial charge in [0.1, 0.15) is 11.5 Å². The minimum Gasteiger partial charge on any atom is -0.457 e. The molecule has 132 valence electrons. The van der Waals surface area contributed by atoms with Crippen molar-refractivity contribution in [3.8, 4) is 11.5 Å². The van der Waals surface area contributed by atoms with Gasteiger partial charge in [0.15, 0.2) is 0 Å². The summed E-state index contributed by atoms with van der Waals surface area (Å²) in [7, 11) is 0. The van der Waals surface area contributed by atoms with Crippen molar-refractivity contribution in [2.75, 3.05) is 26.2 Å². The van der Waals surface area contributed by atoms with E-state index in [1.165, 1.54) is 5.56 Å². The number of ether oxygens (including phenoxy) is 1. The van der Waals surface area contributed by atoms with Crippen molar-refractivity contribution in [1.82, 2.24) is 10.2 Å². The highest BCUT2D eigenvalue weighted by Crippen LogP contribution is 2.29. The van der Waals surface area contributed by atoms with Crippen LogP contribution in [0.5, 0.6) is 11.5 Å². The molecule has 3 nitrogen and oxygen atoms in total. The molecule has 3 rings (SSSR count). The lowest BCUT2D eigenvalue weighted by atomic mass is 10.0. The molecule has 0 amide bonds. The molecular formula is C19H26Cl2N2O. The molecular weight excluding hydrogens is 343 g/mol. The highest BCUT2D eigenvalue weighted by molar-refractivity contribution is 5.85. The molecule has 1 saturated heterocycles. The molecule has 1 N–H and O–H groups in total. The van der Waals surface area contributed by atoms with Crippen molar-refractivity contribution >= 4 is 24.8 Å². The number of nitrogens with zero attached hydrogens (tertiary/aromatic N) is 1. The van der Waals surface area contributed by atoms with Gasteiger partial charge in [-0.05, 0) is 36.2 Å². The van der Waals surface area contributed by atoms with E-state index in [1.807, 2.05) is 36.4 Å². The number of nitrogens with one attached hydrogen (secondary N) is 1. The SMILES string of the molecule is CC[C@H](c1cccc(Oc2ccccc2)c1)N1CCNCC1.Cl.Cl. The quantitative estimate of drug-likeness (QED) is 0.828. The number of hydrogen-bond donors (Lipinski definition) is 1. The predicted octanol–water partition coefficient (Wildman–Crippen LogP) is 4.68. The zero-order chi connectivity index (χ0) is 15.2. The zero-order valence-corrected chi connectivity index (χ0v) is 15.6. The molecule has 1 heterocycles. The van der Waals surface area contributed by atoms with Crippen molar-refractivity contribution in [3.05, 3.63) is 60.2 Å². The number of para-hydroxylation sites is 1. The Hall–Kier alpha value is -1.26. The molecule has 1 aliphatic heterocycles. The highest BCUT2D eigenvalue weighted by Gasteiger charge is 2.20. The maximum atomic E-state index is 5.97. The van der Waals surface area contributed by atoms with Gasteiger partial charge in [0, 0.05) is 32.2 Å². The summed E-state index contributed by atoms with van der Waals surface area (Å²) >= 11 is 0. The van der Waals surface area contributed by atoms with Crippen LogP contribution < -0.4 is 10.1 Å². The van der Waals surface area contributed by atoms with Crippen LogP contribution in [-0.4, -0.2) is 31.1 Å². The molecule has 24 heavy (non-hydrogen) atoms. The van der Waals surface area contributed by atoms with E-state index < -0.39 is 0 Å². The van der Waals surface area contributed by atoms with Gasteiger partial charge in [0.2, 0.25) is 0 Å². The Morgan fingerprint density at radius 3 is 2.29 bits per heavy atom.